The van der Waals surface area contributed by atoms with E-state index < -0.39 is 11.7 Å². The van der Waals surface area contributed by atoms with Gasteiger partial charge in [-0.05, 0) is 59.7 Å². The molecule has 1 nitrogen and oxygen atoms in total. The summed E-state index contributed by atoms with van der Waals surface area (Å²) in [6.07, 6.45) is -0.621. The van der Waals surface area contributed by atoms with Gasteiger partial charge in [-0.3, -0.25) is 0 Å². The largest absolute Gasteiger partial charge is 0.416 e. The van der Waals surface area contributed by atoms with E-state index in [1.165, 1.54) is 12.1 Å². The number of anilines is 3. The van der Waals surface area contributed by atoms with E-state index in [4.69, 9.17) is 0 Å². The lowest BCUT2D eigenvalue weighted by Crippen LogP contribution is -2.09. The SMILES string of the molecule is FC(F)(F)c1ccc(/C=C/c2ccc(N(c3ccccc3)c3ccccc3)cc2)cc1. The minimum atomic E-state index is -4.32. The van der Waals surface area contributed by atoms with Crippen molar-refractivity contribution in [1.82, 2.24) is 0 Å². The van der Waals surface area contributed by atoms with Gasteiger partial charge in [0.25, 0.3) is 0 Å². The van der Waals surface area contributed by atoms with E-state index in [9.17, 15) is 13.2 Å². The van der Waals surface area contributed by atoms with Gasteiger partial charge in [0.05, 0.1) is 5.56 Å². The highest BCUT2D eigenvalue weighted by molar-refractivity contribution is 5.78. The maximum absolute atomic E-state index is 12.7. The Balaban J connectivity index is 1.57. The van der Waals surface area contributed by atoms with Crippen LogP contribution < -0.4 is 4.90 Å². The first-order valence-corrected chi connectivity index (χ1v) is 9.86. The standard InChI is InChI=1S/C27H20F3N/c28-27(29,30)23-17-13-21(14-18-23)11-12-22-15-19-26(20-16-22)31(24-7-3-1-4-8-24)25-9-5-2-6-10-25/h1-20H/b12-11+. The fourth-order valence-electron chi connectivity index (χ4n) is 3.31. The number of para-hydroxylation sites is 2. The summed E-state index contributed by atoms with van der Waals surface area (Å²) in [5.41, 5.74) is 4.17. The van der Waals surface area contributed by atoms with E-state index in [1.54, 1.807) is 6.08 Å². The van der Waals surface area contributed by atoms with Gasteiger partial charge in [-0.25, -0.2) is 0 Å². The number of nitrogens with zero attached hydrogens (tertiary/aromatic N) is 1. The van der Waals surface area contributed by atoms with Crippen molar-refractivity contribution in [2.45, 2.75) is 6.18 Å². The van der Waals surface area contributed by atoms with Gasteiger partial charge in [0.1, 0.15) is 0 Å². The average molecular weight is 415 g/mol. The highest BCUT2D eigenvalue weighted by atomic mass is 19.4. The number of hydrogen-bond donors (Lipinski definition) is 0. The normalized spacial score (nSPS) is 11.6. The van der Waals surface area contributed by atoms with Crippen molar-refractivity contribution >= 4 is 29.2 Å². The first-order chi connectivity index (χ1) is 15.0. The van der Waals surface area contributed by atoms with E-state index in [2.05, 4.69) is 29.2 Å². The molecule has 4 heteroatoms. The van der Waals surface area contributed by atoms with E-state index >= 15 is 0 Å². The molecule has 0 saturated carbocycles. The van der Waals surface area contributed by atoms with Crippen molar-refractivity contribution in [2.24, 2.45) is 0 Å². The second-order valence-electron chi connectivity index (χ2n) is 7.05. The van der Waals surface area contributed by atoms with Gasteiger partial charge in [0.15, 0.2) is 0 Å². The zero-order valence-electron chi connectivity index (χ0n) is 16.6. The topological polar surface area (TPSA) is 3.24 Å². The molecule has 154 valence electrons. The number of halogens is 3. The molecule has 4 aromatic rings. The predicted molar refractivity (Wildman–Crippen MR) is 121 cm³/mol. The summed E-state index contributed by atoms with van der Waals surface area (Å²) in [5, 5.41) is 0. The fourth-order valence-corrected chi connectivity index (χ4v) is 3.31. The quantitative estimate of drug-likeness (QED) is 0.296. The third-order valence-electron chi connectivity index (χ3n) is 4.89. The number of benzene rings is 4. The molecule has 0 aliphatic rings. The molecule has 0 aliphatic carbocycles. The van der Waals surface area contributed by atoms with Crippen molar-refractivity contribution in [2.75, 3.05) is 4.90 Å². The Kier molecular flexibility index (Phi) is 5.89. The van der Waals surface area contributed by atoms with Crippen molar-refractivity contribution in [1.29, 1.82) is 0 Å². The van der Waals surface area contributed by atoms with Crippen LogP contribution in [0.3, 0.4) is 0 Å². The van der Waals surface area contributed by atoms with Crippen LogP contribution in [-0.4, -0.2) is 0 Å². The monoisotopic (exact) mass is 415 g/mol. The van der Waals surface area contributed by atoms with Crippen molar-refractivity contribution in [3.63, 3.8) is 0 Å². The lowest BCUT2D eigenvalue weighted by atomic mass is 10.1. The molecule has 0 N–H and O–H groups in total. The molecule has 0 amide bonds. The van der Waals surface area contributed by atoms with Crippen LogP contribution in [0, 0.1) is 0 Å². The van der Waals surface area contributed by atoms with Crippen molar-refractivity contribution in [3.8, 4) is 0 Å². The summed E-state index contributed by atoms with van der Waals surface area (Å²) in [4.78, 5) is 2.17. The van der Waals surface area contributed by atoms with Crippen LogP contribution >= 0.6 is 0 Å². The van der Waals surface area contributed by atoms with Crippen LogP contribution in [-0.2, 0) is 6.18 Å². The van der Waals surface area contributed by atoms with E-state index in [1.807, 2.05) is 66.7 Å². The molecule has 4 aromatic carbocycles. The molecule has 0 heterocycles. The second-order valence-corrected chi connectivity index (χ2v) is 7.05. The first kappa shape index (κ1) is 20.5. The highest BCUT2D eigenvalue weighted by Crippen LogP contribution is 2.34. The van der Waals surface area contributed by atoms with Gasteiger partial charge in [-0.2, -0.15) is 13.2 Å². The molecular weight excluding hydrogens is 395 g/mol. The van der Waals surface area contributed by atoms with Crippen LogP contribution in [0.2, 0.25) is 0 Å². The summed E-state index contributed by atoms with van der Waals surface area (Å²) in [6.45, 7) is 0. The van der Waals surface area contributed by atoms with Crippen LogP contribution in [0.4, 0.5) is 30.2 Å². The molecule has 0 aliphatic heterocycles. The summed E-state index contributed by atoms with van der Waals surface area (Å²) in [6, 6.07) is 33.4. The Hall–Kier alpha value is -3.79. The van der Waals surface area contributed by atoms with E-state index in [0.29, 0.717) is 5.56 Å². The molecule has 0 spiro atoms. The Morgan fingerprint density at radius 2 is 0.871 bits per heavy atom. The minimum absolute atomic E-state index is 0.643. The third-order valence-corrected chi connectivity index (χ3v) is 4.89. The molecule has 0 unspecified atom stereocenters. The molecule has 4 rings (SSSR count). The van der Waals surface area contributed by atoms with Gasteiger partial charge in [-0.1, -0.05) is 72.8 Å². The summed E-state index contributed by atoms with van der Waals surface area (Å²) in [7, 11) is 0. The Morgan fingerprint density at radius 1 is 0.484 bits per heavy atom. The van der Waals surface area contributed by atoms with Gasteiger partial charge < -0.3 is 4.90 Å². The van der Waals surface area contributed by atoms with Crippen LogP contribution in [0.15, 0.2) is 109 Å². The number of rotatable bonds is 5. The van der Waals surface area contributed by atoms with Gasteiger partial charge in [0.2, 0.25) is 0 Å². The van der Waals surface area contributed by atoms with Gasteiger partial charge in [-0.15, -0.1) is 0 Å². The fraction of sp³-hybridized carbons (Fsp3) is 0.0370. The molecule has 0 aromatic heterocycles. The van der Waals surface area contributed by atoms with E-state index in [0.717, 1.165) is 34.8 Å². The van der Waals surface area contributed by atoms with E-state index in [-0.39, 0.29) is 0 Å². The smallest absolute Gasteiger partial charge is 0.311 e. The first-order valence-electron chi connectivity index (χ1n) is 9.86. The Morgan fingerprint density at radius 3 is 1.29 bits per heavy atom. The van der Waals surface area contributed by atoms with Crippen LogP contribution in [0.1, 0.15) is 16.7 Å². The van der Waals surface area contributed by atoms with Crippen molar-refractivity contribution in [3.05, 3.63) is 126 Å². The predicted octanol–water partition coefficient (Wildman–Crippen LogP) is 8.35. The number of hydrogen-bond acceptors (Lipinski definition) is 1. The number of alkyl halides is 3. The van der Waals surface area contributed by atoms with Crippen LogP contribution in [0.25, 0.3) is 12.2 Å². The van der Waals surface area contributed by atoms with Crippen molar-refractivity contribution < 1.29 is 13.2 Å². The molecule has 0 radical (unpaired) electrons. The lowest BCUT2D eigenvalue weighted by Gasteiger charge is -2.25. The lowest BCUT2D eigenvalue weighted by molar-refractivity contribution is -0.137. The zero-order valence-corrected chi connectivity index (χ0v) is 16.6. The third kappa shape index (κ3) is 5.04. The average Bonchev–Trinajstić information content (AvgIpc) is 2.80. The maximum atomic E-state index is 12.7. The highest BCUT2D eigenvalue weighted by Gasteiger charge is 2.29. The summed E-state index contributed by atoms with van der Waals surface area (Å²) >= 11 is 0. The molecule has 0 bridgehead atoms. The minimum Gasteiger partial charge on any atom is -0.311 e. The molecule has 0 atom stereocenters. The van der Waals surface area contributed by atoms with Crippen LogP contribution in [0.5, 0.6) is 0 Å². The Bertz CT molecular complexity index is 1090. The van der Waals surface area contributed by atoms with Gasteiger partial charge in [0, 0.05) is 17.1 Å². The summed E-state index contributed by atoms with van der Waals surface area (Å²) in [5.74, 6) is 0. The maximum Gasteiger partial charge on any atom is 0.416 e. The molecular formula is C27H20F3N. The zero-order chi connectivity index (χ0) is 21.7. The second kappa shape index (κ2) is 8.92. The molecule has 0 saturated heterocycles. The molecule has 31 heavy (non-hydrogen) atoms. The molecule has 0 fully saturated rings. The van der Waals surface area contributed by atoms with Gasteiger partial charge >= 0.3 is 6.18 Å². The summed E-state index contributed by atoms with van der Waals surface area (Å²) < 4.78 is 38.1. The Labute approximate surface area is 179 Å².